The van der Waals surface area contributed by atoms with E-state index in [9.17, 15) is 13.2 Å². The maximum atomic E-state index is 13.9. The van der Waals surface area contributed by atoms with Crippen molar-refractivity contribution in [2.24, 2.45) is 0 Å². The van der Waals surface area contributed by atoms with Crippen LogP contribution in [0, 0.1) is 28.8 Å². The van der Waals surface area contributed by atoms with E-state index in [1.807, 2.05) is 6.07 Å². The fourth-order valence-electron chi connectivity index (χ4n) is 1.63. The summed E-state index contributed by atoms with van der Waals surface area (Å²) in [5, 5.41) is 11.5. The first-order valence-corrected chi connectivity index (χ1v) is 6.38. The summed E-state index contributed by atoms with van der Waals surface area (Å²) in [5.74, 6) is -2.00. The molecule has 0 aliphatic rings. The van der Waals surface area contributed by atoms with Crippen molar-refractivity contribution in [3.05, 3.63) is 63.4 Å². The highest BCUT2D eigenvalue weighted by atomic mass is 79.9. The summed E-state index contributed by atoms with van der Waals surface area (Å²) in [6.07, 6.45) is 0. The van der Waals surface area contributed by atoms with Crippen LogP contribution in [-0.4, -0.2) is 0 Å². The Labute approximate surface area is 122 Å². The molecule has 102 valence electrons. The molecule has 0 bridgehead atoms. The third-order valence-corrected chi connectivity index (χ3v) is 3.46. The number of nitrogens with zero attached hydrogens (tertiary/aromatic N) is 1. The summed E-state index contributed by atoms with van der Waals surface area (Å²) < 4.78 is 40.1. The van der Waals surface area contributed by atoms with E-state index >= 15 is 0 Å². The largest absolute Gasteiger partial charge is 0.378 e. The molecule has 0 aliphatic heterocycles. The molecule has 0 fully saturated rings. The normalized spacial score (nSPS) is 10.2. The van der Waals surface area contributed by atoms with Gasteiger partial charge < -0.3 is 5.32 Å². The molecule has 0 atom stereocenters. The average molecular weight is 341 g/mol. The molecule has 0 spiro atoms. The Morgan fingerprint density at radius 1 is 1.15 bits per heavy atom. The Balaban J connectivity index is 2.20. The van der Waals surface area contributed by atoms with Gasteiger partial charge in [-0.2, -0.15) is 5.26 Å². The lowest BCUT2D eigenvalue weighted by Crippen LogP contribution is -2.04. The summed E-state index contributed by atoms with van der Waals surface area (Å²) in [4.78, 5) is 0. The molecule has 2 aromatic carbocycles. The first-order valence-electron chi connectivity index (χ1n) is 5.59. The minimum atomic E-state index is -0.703. The Morgan fingerprint density at radius 2 is 1.90 bits per heavy atom. The predicted molar refractivity (Wildman–Crippen MR) is 72.5 cm³/mol. The van der Waals surface area contributed by atoms with Crippen molar-refractivity contribution in [1.82, 2.24) is 0 Å². The van der Waals surface area contributed by atoms with E-state index in [4.69, 9.17) is 5.26 Å². The molecular formula is C14H8BrF3N2. The van der Waals surface area contributed by atoms with Crippen LogP contribution in [0.15, 0.2) is 34.8 Å². The van der Waals surface area contributed by atoms with Crippen LogP contribution < -0.4 is 5.32 Å². The molecule has 2 aromatic rings. The Bertz CT molecular complexity index is 696. The van der Waals surface area contributed by atoms with E-state index < -0.39 is 17.5 Å². The third kappa shape index (κ3) is 2.94. The third-order valence-electron chi connectivity index (χ3n) is 2.69. The van der Waals surface area contributed by atoms with Crippen LogP contribution in [0.5, 0.6) is 0 Å². The molecule has 0 radical (unpaired) electrons. The lowest BCUT2D eigenvalue weighted by atomic mass is 10.2. The monoisotopic (exact) mass is 340 g/mol. The maximum absolute atomic E-state index is 13.9. The topological polar surface area (TPSA) is 35.8 Å². The lowest BCUT2D eigenvalue weighted by Gasteiger charge is -2.10. The van der Waals surface area contributed by atoms with Gasteiger partial charge in [-0.05, 0) is 34.1 Å². The molecular weight excluding hydrogens is 333 g/mol. The van der Waals surface area contributed by atoms with Gasteiger partial charge in [0.2, 0.25) is 0 Å². The molecule has 20 heavy (non-hydrogen) atoms. The summed E-state index contributed by atoms with van der Waals surface area (Å²) in [6.45, 7) is 0.00136. The fraction of sp³-hybridized carbons (Fsp3) is 0.0714. The molecule has 1 N–H and O–H groups in total. The quantitative estimate of drug-likeness (QED) is 0.901. The molecule has 6 heteroatoms. The molecule has 0 heterocycles. The van der Waals surface area contributed by atoms with Crippen LogP contribution in [0.25, 0.3) is 0 Å². The number of nitriles is 1. The molecule has 0 unspecified atom stereocenters. The zero-order valence-electron chi connectivity index (χ0n) is 10.1. The Morgan fingerprint density at radius 3 is 2.55 bits per heavy atom. The van der Waals surface area contributed by atoms with Crippen molar-refractivity contribution in [1.29, 1.82) is 5.26 Å². The van der Waals surface area contributed by atoms with Crippen molar-refractivity contribution in [2.45, 2.75) is 6.54 Å². The van der Waals surface area contributed by atoms with Crippen molar-refractivity contribution in [3.63, 3.8) is 0 Å². The van der Waals surface area contributed by atoms with Gasteiger partial charge in [0, 0.05) is 18.2 Å². The van der Waals surface area contributed by atoms with Crippen LogP contribution in [0.4, 0.5) is 18.9 Å². The minimum Gasteiger partial charge on any atom is -0.378 e. The molecule has 0 saturated heterocycles. The number of hydrogen-bond donors (Lipinski definition) is 1. The number of nitrogens with one attached hydrogen (secondary N) is 1. The van der Waals surface area contributed by atoms with Crippen molar-refractivity contribution in [2.75, 3.05) is 5.32 Å². The molecule has 0 aliphatic carbocycles. The zero-order valence-corrected chi connectivity index (χ0v) is 11.6. The van der Waals surface area contributed by atoms with Gasteiger partial charge in [0.25, 0.3) is 0 Å². The van der Waals surface area contributed by atoms with E-state index in [1.54, 1.807) is 0 Å². The molecule has 0 aromatic heterocycles. The molecule has 2 rings (SSSR count). The van der Waals surface area contributed by atoms with Gasteiger partial charge in [0.05, 0.1) is 15.7 Å². The Hall–Kier alpha value is -2.00. The second-order valence-electron chi connectivity index (χ2n) is 3.99. The van der Waals surface area contributed by atoms with Crippen molar-refractivity contribution < 1.29 is 13.2 Å². The smallest absolute Gasteiger partial charge is 0.161 e. The molecule has 0 amide bonds. The van der Waals surface area contributed by atoms with E-state index in [-0.39, 0.29) is 27.8 Å². The average Bonchev–Trinajstić information content (AvgIpc) is 2.42. The van der Waals surface area contributed by atoms with Gasteiger partial charge in [0.15, 0.2) is 5.82 Å². The SMILES string of the molecule is N#Cc1ccc(NCc2ccc(F)cc2F)c(F)c1Br. The molecule has 2 nitrogen and oxygen atoms in total. The lowest BCUT2D eigenvalue weighted by molar-refractivity contribution is 0.573. The van der Waals surface area contributed by atoms with Gasteiger partial charge in [0.1, 0.15) is 17.7 Å². The van der Waals surface area contributed by atoms with Crippen LogP contribution in [-0.2, 0) is 6.54 Å². The zero-order chi connectivity index (χ0) is 14.7. The van der Waals surface area contributed by atoms with E-state index in [2.05, 4.69) is 21.2 Å². The fourth-order valence-corrected chi connectivity index (χ4v) is 2.06. The van der Waals surface area contributed by atoms with Gasteiger partial charge in [-0.3, -0.25) is 0 Å². The highest BCUT2D eigenvalue weighted by Gasteiger charge is 2.11. The number of benzene rings is 2. The highest BCUT2D eigenvalue weighted by molar-refractivity contribution is 9.10. The number of halogens is 4. The van der Waals surface area contributed by atoms with Crippen LogP contribution in [0.1, 0.15) is 11.1 Å². The van der Waals surface area contributed by atoms with Crippen molar-refractivity contribution in [3.8, 4) is 6.07 Å². The summed E-state index contributed by atoms with van der Waals surface area (Å²) in [6, 6.07) is 7.85. The van der Waals surface area contributed by atoms with Gasteiger partial charge in [-0.25, -0.2) is 13.2 Å². The van der Waals surface area contributed by atoms with Crippen LogP contribution in [0.3, 0.4) is 0 Å². The summed E-state index contributed by atoms with van der Waals surface area (Å²) in [5.41, 5.74) is 0.506. The van der Waals surface area contributed by atoms with Crippen LogP contribution >= 0.6 is 15.9 Å². The van der Waals surface area contributed by atoms with E-state index in [1.165, 1.54) is 18.2 Å². The second-order valence-corrected chi connectivity index (χ2v) is 4.78. The number of anilines is 1. The van der Waals surface area contributed by atoms with Crippen LogP contribution in [0.2, 0.25) is 0 Å². The highest BCUT2D eigenvalue weighted by Crippen LogP contribution is 2.27. The van der Waals surface area contributed by atoms with Gasteiger partial charge >= 0.3 is 0 Å². The minimum absolute atomic E-state index is 0.00136. The standard InChI is InChI=1S/C14H8BrF3N2/c15-13-8(6-19)2-4-12(14(13)18)20-7-9-1-3-10(16)5-11(9)17/h1-5,20H,7H2. The molecule has 0 saturated carbocycles. The van der Waals surface area contributed by atoms with E-state index in [0.717, 1.165) is 12.1 Å². The van der Waals surface area contributed by atoms with Gasteiger partial charge in [-0.1, -0.05) is 6.07 Å². The summed E-state index contributed by atoms with van der Waals surface area (Å²) in [7, 11) is 0. The first-order chi connectivity index (χ1) is 9.52. The first kappa shape index (κ1) is 14.4. The van der Waals surface area contributed by atoms with E-state index in [0.29, 0.717) is 0 Å². The maximum Gasteiger partial charge on any atom is 0.161 e. The van der Waals surface area contributed by atoms with Gasteiger partial charge in [-0.15, -0.1) is 0 Å². The van der Waals surface area contributed by atoms with Crippen molar-refractivity contribution >= 4 is 21.6 Å². The number of hydrogen-bond acceptors (Lipinski definition) is 2. The number of rotatable bonds is 3. The summed E-state index contributed by atoms with van der Waals surface area (Å²) >= 11 is 2.98. The predicted octanol–water partition coefficient (Wildman–Crippen LogP) is 4.35. The second kappa shape index (κ2) is 5.97. The Kier molecular flexibility index (Phi) is 4.30.